The second-order valence-electron chi connectivity index (χ2n) is 3.91. The smallest absolute Gasteiger partial charge is 0.237 e. The van der Waals surface area contributed by atoms with Crippen LogP contribution in [-0.2, 0) is 0 Å². The van der Waals surface area contributed by atoms with Crippen molar-refractivity contribution in [2.45, 2.75) is 6.92 Å². The first-order valence-electron chi connectivity index (χ1n) is 5.16. The van der Waals surface area contributed by atoms with Gasteiger partial charge in [-0.1, -0.05) is 11.6 Å². The molecule has 0 fully saturated rings. The highest BCUT2D eigenvalue weighted by Gasteiger charge is 2.15. The second-order valence-corrected chi connectivity index (χ2v) is 5.40. The fraction of sp³-hybridized carbons (Fsp3) is 0.0833. The Hall–Kier alpha value is -1.59. The van der Waals surface area contributed by atoms with Crippen LogP contribution in [0.25, 0.3) is 21.9 Å². The Morgan fingerprint density at radius 3 is 2.83 bits per heavy atom. The first kappa shape index (κ1) is 11.5. The predicted molar refractivity (Wildman–Crippen MR) is 71.4 cm³/mol. The molecule has 0 saturated carbocycles. The maximum absolute atomic E-state index is 13.3. The van der Waals surface area contributed by atoms with Gasteiger partial charge in [0.15, 0.2) is 5.58 Å². The van der Waals surface area contributed by atoms with Crippen molar-refractivity contribution in [1.82, 2.24) is 4.98 Å². The number of rotatable bonds is 1. The van der Waals surface area contributed by atoms with Crippen molar-refractivity contribution in [1.29, 1.82) is 0 Å². The summed E-state index contributed by atoms with van der Waals surface area (Å²) >= 11 is 7.09. The van der Waals surface area contributed by atoms with Gasteiger partial charge in [-0.05, 0) is 24.6 Å². The molecule has 3 nitrogen and oxygen atoms in total. The third-order valence-electron chi connectivity index (χ3n) is 2.56. The van der Waals surface area contributed by atoms with Crippen LogP contribution in [0.1, 0.15) is 5.56 Å². The third-order valence-corrected chi connectivity index (χ3v) is 3.91. The van der Waals surface area contributed by atoms with E-state index in [1.807, 2.05) is 13.0 Å². The van der Waals surface area contributed by atoms with Crippen LogP contribution in [0.2, 0.25) is 5.02 Å². The van der Waals surface area contributed by atoms with Crippen molar-refractivity contribution in [3.05, 3.63) is 34.6 Å². The van der Waals surface area contributed by atoms with Gasteiger partial charge in [0.1, 0.15) is 11.3 Å². The van der Waals surface area contributed by atoms with E-state index < -0.39 is 5.82 Å². The van der Waals surface area contributed by atoms with E-state index in [1.54, 1.807) is 0 Å². The molecule has 0 aliphatic rings. The van der Waals surface area contributed by atoms with Crippen molar-refractivity contribution in [3.63, 3.8) is 0 Å². The summed E-state index contributed by atoms with van der Waals surface area (Å²) in [5, 5.41) is 0.721. The molecule has 0 atom stereocenters. The fourth-order valence-electron chi connectivity index (χ4n) is 1.74. The number of aromatic nitrogens is 1. The highest BCUT2D eigenvalue weighted by atomic mass is 35.5. The van der Waals surface area contributed by atoms with Gasteiger partial charge in [0.05, 0.1) is 14.9 Å². The number of anilines is 1. The topological polar surface area (TPSA) is 52.0 Å². The molecule has 2 aromatic heterocycles. The summed E-state index contributed by atoms with van der Waals surface area (Å²) in [5.74, 6) is -0.0832. The molecule has 0 aliphatic heterocycles. The maximum Gasteiger partial charge on any atom is 0.237 e. The molecular formula is C12H8ClFN2OS. The van der Waals surface area contributed by atoms with E-state index in [1.165, 1.54) is 23.5 Å². The van der Waals surface area contributed by atoms with Gasteiger partial charge in [0, 0.05) is 6.07 Å². The van der Waals surface area contributed by atoms with Crippen LogP contribution < -0.4 is 5.73 Å². The van der Waals surface area contributed by atoms with E-state index in [0.29, 0.717) is 22.0 Å². The highest BCUT2D eigenvalue weighted by molar-refractivity contribution is 7.19. The summed E-state index contributed by atoms with van der Waals surface area (Å²) < 4.78 is 18.8. The molecule has 3 rings (SSSR count). The zero-order valence-corrected chi connectivity index (χ0v) is 10.9. The van der Waals surface area contributed by atoms with E-state index in [4.69, 9.17) is 21.8 Å². The van der Waals surface area contributed by atoms with Crippen LogP contribution in [-0.4, -0.2) is 4.98 Å². The average molecular weight is 283 g/mol. The molecule has 0 bridgehead atoms. The van der Waals surface area contributed by atoms with Crippen molar-refractivity contribution >= 4 is 39.0 Å². The summed E-state index contributed by atoms with van der Waals surface area (Å²) in [6.45, 7) is 1.92. The predicted octanol–water partition coefficient (Wildman–Crippen LogP) is 4.24. The average Bonchev–Trinajstić information content (AvgIpc) is 2.82. The molecule has 0 radical (unpaired) electrons. The van der Waals surface area contributed by atoms with E-state index in [2.05, 4.69) is 4.98 Å². The highest BCUT2D eigenvalue weighted by Crippen LogP contribution is 2.35. The molecule has 0 amide bonds. The number of halogens is 2. The van der Waals surface area contributed by atoms with Crippen LogP contribution in [0.4, 0.5) is 9.39 Å². The van der Waals surface area contributed by atoms with E-state index >= 15 is 0 Å². The normalized spacial score (nSPS) is 11.3. The number of oxazole rings is 1. The van der Waals surface area contributed by atoms with Crippen molar-refractivity contribution in [2.75, 3.05) is 5.73 Å². The molecule has 6 heteroatoms. The Morgan fingerprint density at radius 1 is 1.39 bits per heavy atom. The number of hydrogen-bond donors (Lipinski definition) is 1. The lowest BCUT2D eigenvalue weighted by Gasteiger charge is -1.91. The van der Waals surface area contributed by atoms with Gasteiger partial charge >= 0.3 is 0 Å². The Kier molecular flexibility index (Phi) is 2.53. The van der Waals surface area contributed by atoms with Crippen LogP contribution in [0, 0.1) is 12.7 Å². The Balaban J connectivity index is 2.22. The molecule has 2 N–H and O–H groups in total. The molecule has 2 heterocycles. The number of fused-ring (bicyclic) bond motifs is 1. The molecule has 3 aromatic rings. The Morgan fingerprint density at radius 2 is 2.17 bits per heavy atom. The van der Waals surface area contributed by atoms with Crippen LogP contribution in [0.3, 0.4) is 0 Å². The number of nitrogens with two attached hydrogens (primary N) is 1. The molecule has 92 valence electrons. The van der Waals surface area contributed by atoms with Gasteiger partial charge in [0.25, 0.3) is 0 Å². The summed E-state index contributed by atoms with van der Waals surface area (Å²) in [5.41, 5.74) is 7.61. The summed E-state index contributed by atoms with van der Waals surface area (Å²) in [7, 11) is 0. The van der Waals surface area contributed by atoms with Crippen LogP contribution >= 0.6 is 22.9 Å². The third kappa shape index (κ3) is 1.76. The molecule has 0 aliphatic carbocycles. The van der Waals surface area contributed by atoms with Gasteiger partial charge in [-0.2, -0.15) is 0 Å². The lowest BCUT2D eigenvalue weighted by atomic mass is 10.3. The van der Waals surface area contributed by atoms with E-state index in [-0.39, 0.29) is 5.02 Å². The monoisotopic (exact) mass is 282 g/mol. The number of hydrogen-bond acceptors (Lipinski definition) is 4. The summed E-state index contributed by atoms with van der Waals surface area (Å²) in [6.07, 6.45) is 0. The summed E-state index contributed by atoms with van der Waals surface area (Å²) in [6, 6.07) is 4.54. The number of nitrogen functional groups attached to an aromatic ring is 1. The quantitative estimate of drug-likeness (QED) is 0.726. The second kappa shape index (κ2) is 3.96. The zero-order valence-electron chi connectivity index (χ0n) is 9.33. The van der Waals surface area contributed by atoms with E-state index in [0.717, 1.165) is 10.4 Å². The summed E-state index contributed by atoms with van der Waals surface area (Å²) in [4.78, 5) is 5.14. The first-order valence-corrected chi connectivity index (χ1v) is 6.36. The van der Waals surface area contributed by atoms with Gasteiger partial charge in [-0.25, -0.2) is 9.37 Å². The zero-order chi connectivity index (χ0) is 12.9. The van der Waals surface area contributed by atoms with Crippen molar-refractivity contribution < 1.29 is 8.81 Å². The minimum Gasteiger partial charge on any atom is -0.435 e. The molecule has 18 heavy (non-hydrogen) atoms. The Labute approximate surface area is 111 Å². The number of aryl methyl sites for hydroxylation is 1. The van der Waals surface area contributed by atoms with Gasteiger partial charge in [-0.3, -0.25) is 0 Å². The van der Waals surface area contributed by atoms with Crippen LogP contribution in [0.5, 0.6) is 0 Å². The molecular weight excluding hydrogens is 275 g/mol. The van der Waals surface area contributed by atoms with Gasteiger partial charge in [0.2, 0.25) is 5.89 Å². The van der Waals surface area contributed by atoms with Gasteiger partial charge < -0.3 is 10.2 Å². The number of nitrogens with zero attached hydrogens (tertiary/aromatic N) is 1. The Bertz CT molecular complexity index is 711. The van der Waals surface area contributed by atoms with Gasteiger partial charge in [-0.15, -0.1) is 11.3 Å². The number of thiophene rings is 1. The minimum absolute atomic E-state index is 0.0322. The number of benzene rings is 1. The van der Waals surface area contributed by atoms with Crippen LogP contribution in [0.15, 0.2) is 22.6 Å². The maximum atomic E-state index is 13.3. The van der Waals surface area contributed by atoms with E-state index in [9.17, 15) is 4.39 Å². The largest absolute Gasteiger partial charge is 0.435 e. The standard InChI is InChI=1S/C12H8ClFN2OS/c1-5-2-10(15)18-11(5)12-16-8-3-6(13)7(14)4-9(8)17-12/h2-4H,15H2,1H3. The molecule has 0 spiro atoms. The lowest BCUT2D eigenvalue weighted by Crippen LogP contribution is -1.76. The van der Waals surface area contributed by atoms with Crippen molar-refractivity contribution in [3.8, 4) is 10.8 Å². The lowest BCUT2D eigenvalue weighted by molar-refractivity contribution is 0.603. The fourth-order valence-corrected chi connectivity index (χ4v) is 2.76. The first-order chi connectivity index (χ1) is 8.54. The molecule has 0 unspecified atom stereocenters. The minimum atomic E-state index is -0.519. The van der Waals surface area contributed by atoms with Crippen molar-refractivity contribution in [2.24, 2.45) is 0 Å². The molecule has 0 saturated heterocycles. The SMILES string of the molecule is Cc1cc(N)sc1-c1nc2cc(Cl)c(F)cc2o1. The molecule has 1 aromatic carbocycles.